The van der Waals surface area contributed by atoms with Gasteiger partial charge in [0.2, 0.25) is 5.78 Å². The molecule has 0 N–H and O–H groups in total. The number of ketones is 1. The monoisotopic (exact) mass is 193 g/mol. The first-order chi connectivity index (χ1) is 6.61. The lowest BCUT2D eigenvalue weighted by atomic mass is 10.2. The molecule has 1 aliphatic carbocycles. The van der Waals surface area contributed by atoms with Crippen molar-refractivity contribution in [2.75, 3.05) is 0 Å². The molecule has 0 radical (unpaired) electrons. The van der Waals surface area contributed by atoms with E-state index in [2.05, 4.69) is 17.0 Å². The highest BCUT2D eigenvalue weighted by Gasteiger charge is 2.41. The van der Waals surface area contributed by atoms with Crippen molar-refractivity contribution in [2.45, 2.75) is 33.2 Å². The van der Waals surface area contributed by atoms with Crippen LogP contribution >= 0.6 is 0 Å². The largest absolute Gasteiger partial charge is 0.290 e. The van der Waals surface area contributed by atoms with Gasteiger partial charge in [-0.1, -0.05) is 6.92 Å². The number of hydrogen-bond donors (Lipinski definition) is 0. The van der Waals surface area contributed by atoms with Crippen molar-refractivity contribution in [3.63, 3.8) is 0 Å². The first-order valence-electron chi connectivity index (χ1n) is 5.05. The van der Waals surface area contributed by atoms with E-state index in [-0.39, 0.29) is 17.7 Å². The summed E-state index contributed by atoms with van der Waals surface area (Å²) in [6.07, 6.45) is 2.46. The van der Waals surface area contributed by atoms with Crippen LogP contribution in [-0.4, -0.2) is 20.5 Å². The Kier molecular flexibility index (Phi) is 2.13. The SMILES string of the molecule is CC1CC1C(=O)c1ncnn1C(C)C. The molecule has 2 atom stereocenters. The highest BCUT2D eigenvalue weighted by molar-refractivity contribution is 5.96. The van der Waals surface area contributed by atoms with E-state index in [1.165, 1.54) is 6.33 Å². The molecule has 2 rings (SSSR count). The first-order valence-corrected chi connectivity index (χ1v) is 5.05. The van der Waals surface area contributed by atoms with E-state index in [9.17, 15) is 4.79 Å². The van der Waals surface area contributed by atoms with Gasteiger partial charge in [0, 0.05) is 12.0 Å². The number of Topliss-reactive ketones (excluding diaryl/α,β-unsaturated/α-hetero) is 1. The Bertz CT molecular complexity index is 356. The van der Waals surface area contributed by atoms with E-state index in [1.54, 1.807) is 4.68 Å². The Morgan fingerprint density at radius 2 is 2.29 bits per heavy atom. The van der Waals surface area contributed by atoms with Gasteiger partial charge in [-0.25, -0.2) is 9.67 Å². The van der Waals surface area contributed by atoms with Crippen LogP contribution < -0.4 is 0 Å². The van der Waals surface area contributed by atoms with E-state index in [1.807, 2.05) is 13.8 Å². The lowest BCUT2D eigenvalue weighted by Gasteiger charge is -2.07. The second-order valence-electron chi connectivity index (χ2n) is 4.31. The quantitative estimate of drug-likeness (QED) is 0.686. The molecule has 0 saturated heterocycles. The fourth-order valence-corrected chi connectivity index (χ4v) is 1.66. The molecule has 0 amide bonds. The molecule has 4 nitrogen and oxygen atoms in total. The maximum Gasteiger partial charge on any atom is 0.203 e. The minimum absolute atomic E-state index is 0.156. The van der Waals surface area contributed by atoms with Crippen LogP contribution in [0.15, 0.2) is 6.33 Å². The molecule has 0 aliphatic heterocycles. The lowest BCUT2D eigenvalue weighted by Crippen LogP contribution is -2.15. The fourth-order valence-electron chi connectivity index (χ4n) is 1.66. The third-order valence-corrected chi connectivity index (χ3v) is 2.73. The molecule has 14 heavy (non-hydrogen) atoms. The average molecular weight is 193 g/mol. The standard InChI is InChI=1S/C10H15N3O/c1-6(2)13-10(11-5-12-13)9(14)8-4-7(8)3/h5-8H,4H2,1-3H3. The topological polar surface area (TPSA) is 47.8 Å². The molecule has 1 heterocycles. The van der Waals surface area contributed by atoms with Gasteiger partial charge in [0.05, 0.1) is 0 Å². The Morgan fingerprint density at radius 1 is 1.64 bits per heavy atom. The summed E-state index contributed by atoms with van der Waals surface area (Å²) < 4.78 is 1.70. The van der Waals surface area contributed by atoms with Crippen LogP contribution in [0, 0.1) is 11.8 Å². The van der Waals surface area contributed by atoms with Crippen molar-refractivity contribution >= 4 is 5.78 Å². The minimum Gasteiger partial charge on any atom is -0.290 e. The van der Waals surface area contributed by atoms with Gasteiger partial charge in [-0.2, -0.15) is 5.10 Å². The summed E-state index contributed by atoms with van der Waals surface area (Å²) in [6.45, 7) is 6.10. The molecule has 1 aromatic heterocycles. The zero-order valence-electron chi connectivity index (χ0n) is 8.77. The number of nitrogens with zero attached hydrogens (tertiary/aromatic N) is 3. The number of rotatable bonds is 3. The van der Waals surface area contributed by atoms with E-state index >= 15 is 0 Å². The molecular formula is C10H15N3O. The smallest absolute Gasteiger partial charge is 0.203 e. The van der Waals surface area contributed by atoms with Crippen molar-refractivity contribution in [2.24, 2.45) is 11.8 Å². The van der Waals surface area contributed by atoms with Gasteiger partial charge in [0.15, 0.2) is 5.82 Å². The summed E-state index contributed by atoms with van der Waals surface area (Å²) in [6, 6.07) is 0.200. The maximum absolute atomic E-state index is 11.9. The molecule has 0 bridgehead atoms. The molecule has 0 spiro atoms. The third kappa shape index (κ3) is 1.45. The van der Waals surface area contributed by atoms with Crippen LogP contribution in [0.1, 0.15) is 43.9 Å². The predicted molar refractivity (Wildman–Crippen MR) is 52.0 cm³/mol. The summed E-state index contributed by atoms with van der Waals surface area (Å²) in [5.74, 6) is 1.40. The molecule has 2 unspecified atom stereocenters. The van der Waals surface area contributed by atoms with Crippen LogP contribution in [0.4, 0.5) is 0 Å². The van der Waals surface area contributed by atoms with Gasteiger partial charge >= 0.3 is 0 Å². The molecule has 76 valence electrons. The van der Waals surface area contributed by atoms with Gasteiger partial charge in [0.25, 0.3) is 0 Å². The second kappa shape index (κ2) is 3.19. The van der Waals surface area contributed by atoms with Gasteiger partial charge in [-0.3, -0.25) is 4.79 Å². The van der Waals surface area contributed by atoms with Crippen LogP contribution in [0.5, 0.6) is 0 Å². The Morgan fingerprint density at radius 3 is 2.79 bits per heavy atom. The molecule has 1 saturated carbocycles. The summed E-state index contributed by atoms with van der Waals surface area (Å²) in [4.78, 5) is 15.9. The van der Waals surface area contributed by atoms with Crippen LogP contribution in [-0.2, 0) is 0 Å². The third-order valence-electron chi connectivity index (χ3n) is 2.73. The molecule has 1 aromatic rings. The Balaban J connectivity index is 2.23. The summed E-state index contributed by atoms with van der Waals surface area (Å²) >= 11 is 0. The lowest BCUT2D eigenvalue weighted by molar-refractivity contribution is 0.0944. The zero-order chi connectivity index (χ0) is 10.3. The maximum atomic E-state index is 11.9. The molecule has 4 heteroatoms. The van der Waals surface area contributed by atoms with Gasteiger partial charge < -0.3 is 0 Å². The van der Waals surface area contributed by atoms with Crippen molar-refractivity contribution in [3.8, 4) is 0 Å². The van der Waals surface area contributed by atoms with E-state index in [0.717, 1.165) is 6.42 Å². The van der Waals surface area contributed by atoms with E-state index < -0.39 is 0 Å². The number of aromatic nitrogens is 3. The zero-order valence-corrected chi connectivity index (χ0v) is 8.77. The number of hydrogen-bond acceptors (Lipinski definition) is 3. The second-order valence-corrected chi connectivity index (χ2v) is 4.31. The van der Waals surface area contributed by atoms with Crippen molar-refractivity contribution in [1.29, 1.82) is 0 Å². The number of carbonyl (C=O) groups is 1. The van der Waals surface area contributed by atoms with Gasteiger partial charge in [0.1, 0.15) is 6.33 Å². The summed E-state index contributed by atoms with van der Waals surface area (Å²) in [5.41, 5.74) is 0. The van der Waals surface area contributed by atoms with Crippen LogP contribution in [0.2, 0.25) is 0 Å². The Labute approximate surface area is 83.3 Å². The Hall–Kier alpha value is -1.19. The highest BCUT2D eigenvalue weighted by atomic mass is 16.1. The van der Waals surface area contributed by atoms with Crippen LogP contribution in [0.3, 0.4) is 0 Å². The summed E-state index contributed by atoms with van der Waals surface area (Å²) in [5, 5.41) is 4.06. The molecule has 1 aliphatic rings. The predicted octanol–water partition coefficient (Wildman–Crippen LogP) is 1.70. The minimum atomic E-state index is 0.156. The van der Waals surface area contributed by atoms with Gasteiger partial charge in [-0.05, 0) is 26.2 Å². The van der Waals surface area contributed by atoms with Crippen molar-refractivity contribution in [3.05, 3.63) is 12.2 Å². The molecular weight excluding hydrogens is 178 g/mol. The van der Waals surface area contributed by atoms with Gasteiger partial charge in [-0.15, -0.1) is 0 Å². The number of carbonyl (C=O) groups excluding carboxylic acids is 1. The van der Waals surface area contributed by atoms with Crippen LogP contribution in [0.25, 0.3) is 0 Å². The molecule has 1 fully saturated rings. The summed E-state index contributed by atoms with van der Waals surface area (Å²) in [7, 11) is 0. The normalized spacial score (nSPS) is 25.4. The highest BCUT2D eigenvalue weighted by Crippen LogP contribution is 2.39. The van der Waals surface area contributed by atoms with E-state index in [0.29, 0.717) is 11.7 Å². The fraction of sp³-hybridized carbons (Fsp3) is 0.700. The van der Waals surface area contributed by atoms with Crippen molar-refractivity contribution < 1.29 is 4.79 Å². The molecule has 0 aromatic carbocycles. The average Bonchev–Trinajstić information content (AvgIpc) is 2.69. The van der Waals surface area contributed by atoms with E-state index in [4.69, 9.17) is 0 Å². The first kappa shape index (κ1) is 9.37. The van der Waals surface area contributed by atoms with Crippen molar-refractivity contribution in [1.82, 2.24) is 14.8 Å².